The van der Waals surface area contributed by atoms with E-state index in [1.165, 1.54) is 4.31 Å². The number of amides is 1. The maximum atomic E-state index is 12.1. The van der Waals surface area contributed by atoms with E-state index in [1.54, 1.807) is 7.11 Å². The Bertz CT molecular complexity index is 838. The number of hydrogen-bond acceptors (Lipinski definition) is 4. The monoisotopic (exact) mass is 390 g/mol. The highest BCUT2D eigenvalue weighted by Gasteiger charge is 2.18. The fraction of sp³-hybridized carbons (Fsp3) is 0.350. The predicted molar refractivity (Wildman–Crippen MR) is 106 cm³/mol. The second-order valence-electron chi connectivity index (χ2n) is 6.24. The van der Waals surface area contributed by atoms with Crippen molar-refractivity contribution in [2.75, 3.05) is 26.5 Å². The van der Waals surface area contributed by atoms with Gasteiger partial charge in [-0.2, -0.15) is 0 Å². The van der Waals surface area contributed by atoms with Crippen LogP contribution in [-0.2, 0) is 27.8 Å². The first-order valence-electron chi connectivity index (χ1n) is 8.78. The molecule has 0 fully saturated rings. The van der Waals surface area contributed by atoms with E-state index < -0.39 is 10.0 Å². The zero-order valence-electron chi connectivity index (χ0n) is 15.7. The van der Waals surface area contributed by atoms with Crippen LogP contribution in [0.5, 0.6) is 5.75 Å². The number of carbonyl (C=O) groups excluding carboxylic acids is 1. The first kappa shape index (κ1) is 20.9. The Labute approximate surface area is 161 Å². The summed E-state index contributed by atoms with van der Waals surface area (Å²) in [6, 6.07) is 17.1. The largest absolute Gasteiger partial charge is 0.496 e. The van der Waals surface area contributed by atoms with Gasteiger partial charge in [0.15, 0.2) is 0 Å². The number of para-hydroxylation sites is 1. The van der Waals surface area contributed by atoms with Crippen LogP contribution < -0.4 is 10.1 Å². The maximum absolute atomic E-state index is 12.1. The number of rotatable bonds is 10. The lowest BCUT2D eigenvalue weighted by atomic mass is 10.1. The van der Waals surface area contributed by atoms with Gasteiger partial charge in [0.1, 0.15) is 5.75 Å². The number of methoxy groups -OCH3 is 1. The van der Waals surface area contributed by atoms with Crippen LogP contribution in [0, 0.1) is 0 Å². The van der Waals surface area contributed by atoms with Gasteiger partial charge in [-0.25, -0.2) is 12.7 Å². The van der Waals surface area contributed by atoms with Gasteiger partial charge in [-0.1, -0.05) is 48.5 Å². The number of sulfonamides is 1. The van der Waals surface area contributed by atoms with Crippen LogP contribution in [0.15, 0.2) is 54.6 Å². The van der Waals surface area contributed by atoms with E-state index in [9.17, 15) is 13.2 Å². The lowest BCUT2D eigenvalue weighted by Crippen LogP contribution is -2.36. The van der Waals surface area contributed by atoms with Crippen molar-refractivity contribution in [1.29, 1.82) is 0 Å². The average Bonchev–Trinajstić information content (AvgIpc) is 2.66. The molecule has 2 aromatic rings. The lowest BCUT2D eigenvalue weighted by Gasteiger charge is -2.20. The molecule has 146 valence electrons. The highest BCUT2D eigenvalue weighted by Crippen LogP contribution is 2.18. The molecule has 0 radical (unpaired) electrons. The van der Waals surface area contributed by atoms with E-state index in [1.807, 2.05) is 54.6 Å². The molecule has 2 rings (SSSR count). The van der Waals surface area contributed by atoms with Crippen molar-refractivity contribution >= 4 is 15.9 Å². The summed E-state index contributed by atoms with van der Waals surface area (Å²) in [5.41, 5.74) is 1.93. The molecular formula is C20H26N2O4S. The standard InChI is InChI=1S/C20H26N2O4S/c1-26-19-11-7-6-10-18(19)12-14-22(27(2,24)25)15-13-20(23)21-16-17-8-4-3-5-9-17/h3-11H,12-16H2,1-2H3,(H,21,23). The summed E-state index contributed by atoms with van der Waals surface area (Å²) in [7, 11) is -1.82. The van der Waals surface area contributed by atoms with Crippen LogP contribution in [0.2, 0.25) is 0 Å². The van der Waals surface area contributed by atoms with Crippen LogP contribution in [0.3, 0.4) is 0 Å². The molecular weight excluding hydrogens is 364 g/mol. The topological polar surface area (TPSA) is 75.7 Å². The molecule has 0 heterocycles. The van der Waals surface area contributed by atoms with Crippen LogP contribution in [0.1, 0.15) is 17.5 Å². The fourth-order valence-electron chi connectivity index (χ4n) is 2.71. The van der Waals surface area contributed by atoms with Gasteiger partial charge < -0.3 is 10.1 Å². The van der Waals surface area contributed by atoms with E-state index in [0.717, 1.165) is 23.1 Å². The molecule has 7 heteroatoms. The molecule has 0 bridgehead atoms. The van der Waals surface area contributed by atoms with Crippen molar-refractivity contribution < 1.29 is 17.9 Å². The third kappa shape index (κ3) is 7.03. The van der Waals surface area contributed by atoms with E-state index in [4.69, 9.17) is 4.74 Å². The first-order valence-corrected chi connectivity index (χ1v) is 10.6. The Morgan fingerprint density at radius 2 is 1.70 bits per heavy atom. The minimum Gasteiger partial charge on any atom is -0.496 e. The summed E-state index contributed by atoms with van der Waals surface area (Å²) < 4.78 is 30.8. The molecule has 0 aliphatic rings. The molecule has 0 spiro atoms. The Morgan fingerprint density at radius 3 is 2.37 bits per heavy atom. The molecule has 0 aromatic heterocycles. The first-order chi connectivity index (χ1) is 12.9. The van der Waals surface area contributed by atoms with E-state index >= 15 is 0 Å². The van der Waals surface area contributed by atoms with Crippen LogP contribution in [0.25, 0.3) is 0 Å². The SMILES string of the molecule is COc1ccccc1CCN(CCC(=O)NCc1ccccc1)S(C)(=O)=O. The fourth-order valence-corrected chi connectivity index (χ4v) is 3.56. The number of carbonyl (C=O) groups is 1. The average molecular weight is 391 g/mol. The summed E-state index contributed by atoms with van der Waals surface area (Å²) in [6.45, 7) is 0.875. The quantitative estimate of drug-likeness (QED) is 0.675. The van der Waals surface area contributed by atoms with Gasteiger partial charge in [-0.15, -0.1) is 0 Å². The third-order valence-corrected chi connectivity index (χ3v) is 5.52. The minimum atomic E-state index is -3.40. The van der Waals surface area contributed by atoms with Gasteiger partial charge in [-0.3, -0.25) is 4.79 Å². The number of nitrogens with zero attached hydrogens (tertiary/aromatic N) is 1. The van der Waals surface area contributed by atoms with Gasteiger partial charge in [0.2, 0.25) is 15.9 Å². The van der Waals surface area contributed by atoms with Gasteiger partial charge >= 0.3 is 0 Å². The van der Waals surface area contributed by atoms with Crippen molar-refractivity contribution in [1.82, 2.24) is 9.62 Å². The summed E-state index contributed by atoms with van der Waals surface area (Å²) in [5, 5.41) is 2.82. The normalized spacial score (nSPS) is 11.4. The Hall–Kier alpha value is -2.38. The van der Waals surface area contributed by atoms with Crippen LogP contribution >= 0.6 is 0 Å². The van der Waals surface area contributed by atoms with Gasteiger partial charge in [-0.05, 0) is 23.6 Å². The highest BCUT2D eigenvalue weighted by atomic mass is 32.2. The molecule has 1 amide bonds. The molecule has 0 unspecified atom stereocenters. The Kier molecular flexibility index (Phi) is 7.82. The van der Waals surface area contributed by atoms with E-state index in [0.29, 0.717) is 19.5 Å². The predicted octanol–water partition coefficient (Wildman–Crippen LogP) is 2.21. The second kappa shape index (κ2) is 10.1. The lowest BCUT2D eigenvalue weighted by molar-refractivity contribution is -0.121. The Morgan fingerprint density at radius 1 is 1.04 bits per heavy atom. The summed E-state index contributed by atoms with van der Waals surface area (Å²) in [5.74, 6) is 0.552. The smallest absolute Gasteiger partial charge is 0.221 e. The molecule has 2 aromatic carbocycles. The van der Waals surface area contributed by atoms with E-state index in [-0.39, 0.29) is 18.9 Å². The number of hydrogen-bond donors (Lipinski definition) is 1. The van der Waals surface area contributed by atoms with Crippen molar-refractivity contribution in [2.24, 2.45) is 0 Å². The number of benzene rings is 2. The zero-order chi connectivity index (χ0) is 19.7. The summed E-state index contributed by atoms with van der Waals surface area (Å²) >= 11 is 0. The molecule has 0 aliphatic carbocycles. The van der Waals surface area contributed by atoms with E-state index in [2.05, 4.69) is 5.32 Å². The zero-order valence-corrected chi connectivity index (χ0v) is 16.5. The molecule has 0 atom stereocenters. The number of ether oxygens (including phenoxy) is 1. The van der Waals surface area contributed by atoms with Crippen molar-refractivity contribution in [2.45, 2.75) is 19.4 Å². The highest BCUT2D eigenvalue weighted by molar-refractivity contribution is 7.88. The van der Waals surface area contributed by atoms with Gasteiger partial charge in [0.25, 0.3) is 0 Å². The number of nitrogens with one attached hydrogen (secondary N) is 1. The van der Waals surface area contributed by atoms with Crippen molar-refractivity contribution in [3.63, 3.8) is 0 Å². The minimum absolute atomic E-state index is 0.117. The summed E-state index contributed by atoms with van der Waals surface area (Å²) in [6.07, 6.45) is 1.80. The molecule has 27 heavy (non-hydrogen) atoms. The Balaban J connectivity index is 1.88. The van der Waals surface area contributed by atoms with Crippen molar-refractivity contribution in [3.8, 4) is 5.75 Å². The molecule has 0 aliphatic heterocycles. The third-order valence-electron chi connectivity index (χ3n) is 4.21. The van der Waals surface area contributed by atoms with Gasteiger partial charge in [0.05, 0.1) is 13.4 Å². The maximum Gasteiger partial charge on any atom is 0.221 e. The molecule has 0 saturated heterocycles. The van der Waals surface area contributed by atoms with Crippen LogP contribution in [0.4, 0.5) is 0 Å². The molecule has 1 N–H and O–H groups in total. The van der Waals surface area contributed by atoms with Crippen LogP contribution in [-0.4, -0.2) is 45.1 Å². The van der Waals surface area contributed by atoms with Crippen molar-refractivity contribution in [3.05, 3.63) is 65.7 Å². The molecule has 0 saturated carbocycles. The molecule has 6 nitrogen and oxygen atoms in total. The van der Waals surface area contributed by atoms with Gasteiger partial charge in [0, 0.05) is 26.1 Å². The summed E-state index contributed by atoms with van der Waals surface area (Å²) in [4.78, 5) is 12.1. The second-order valence-corrected chi connectivity index (χ2v) is 8.22.